The summed E-state index contributed by atoms with van der Waals surface area (Å²) in [6.07, 6.45) is 3.42. The van der Waals surface area contributed by atoms with Gasteiger partial charge in [0, 0.05) is 23.9 Å². The molecular weight excluding hydrogens is 268 g/mol. The Morgan fingerprint density at radius 1 is 1.05 bits per heavy atom. The molecule has 0 saturated heterocycles. The fourth-order valence-electron chi connectivity index (χ4n) is 1.98. The van der Waals surface area contributed by atoms with Crippen LogP contribution in [0.2, 0.25) is 0 Å². The van der Waals surface area contributed by atoms with Crippen LogP contribution < -0.4 is 5.73 Å². The lowest BCUT2D eigenvalue weighted by Crippen LogP contribution is -1.99. The Morgan fingerprint density at radius 2 is 1.95 bits per heavy atom. The smallest absolute Gasteiger partial charge is 0.117 e. The number of nitrogens with two attached hydrogens (primary N) is 1. The molecule has 0 fully saturated rings. The maximum atomic E-state index is 5.61. The molecule has 2 N–H and O–H groups in total. The number of nitrogens with zero attached hydrogens (tertiary/aromatic N) is 3. The third-order valence-electron chi connectivity index (χ3n) is 2.97. The lowest BCUT2D eigenvalue weighted by atomic mass is 10.2. The van der Waals surface area contributed by atoms with Crippen LogP contribution in [0.1, 0.15) is 11.3 Å². The van der Waals surface area contributed by atoms with Gasteiger partial charge in [-0.15, -0.1) is 11.8 Å². The number of hydrogen-bond acceptors (Lipinski definition) is 5. The normalized spacial score (nSPS) is 10.8. The van der Waals surface area contributed by atoms with E-state index in [-0.39, 0.29) is 0 Å². The number of rotatable bonds is 4. The molecule has 0 radical (unpaired) electrons. The summed E-state index contributed by atoms with van der Waals surface area (Å²) >= 11 is 1.70. The van der Waals surface area contributed by atoms with Crippen molar-refractivity contribution in [3.8, 4) is 0 Å². The first-order valence-corrected chi connectivity index (χ1v) is 7.32. The fraction of sp³-hybridized carbons (Fsp3) is 0.133. The van der Waals surface area contributed by atoms with E-state index in [0.717, 1.165) is 27.4 Å². The topological polar surface area (TPSA) is 64.7 Å². The van der Waals surface area contributed by atoms with Crippen LogP contribution in [-0.4, -0.2) is 15.0 Å². The van der Waals surface area contributed by atoms with Crippen LogP contribution in [-0.2, 0) is 12.3 Å². The van der Waals surface area contributed by atoms with Gasteiger partial charge in [0.1, 0.15) is 11.4 Å². The maximum Gasteiger partial charge on any atom is 0.117 e. The Balaban J connectivity index is 1.83. The number of fused-ring (bicyclic) bond motifs is 1. The summed E-state index contributed by atoms with van der Waals surface area (Å²) in [5.74, 6) is 0.844. The zero-order valence-corrected chi connectivity index (χ0v) is 11.7. The van der Waals surface area contributed by atoms with Crippen molar-refractivity contribution in [2.45, 2.75) is 17.3 Å². The lowest BCUT2D eigenvalue weighted by molar-refractivity contribution is 0.983. The Kier molecular flexibility index (Phi) is 3.90. The van der Waals surface area contributed by atoms with Crippen molar-refractivity contribution in [1.82, 2.24) is 15.0 Å². The van der Waals surface area contributed by atoms with Gasteiger partial charge in [0.05, 0.1) is 11.2 Å². The molecule has 0 atom stereocenters. The van der Waals surface area contributed by atoms with Gasteiger partial charge >= 0.3 is 0 Å². The highest BCUT2D eigenvalue weighted by molar-refractivity contribution is 7.98. The van der Waals surface area contributed by atoms with E-state index in [2.05, 4.69) is 21.0 Å². The SMILES string of the molecule is NCc1cc(CSc2ncnc3ccccc23)ccn1. The predicted molar refractivity (Wildman–Crippen MR) is 81.2 cm³/mol. The number of pyridine rings is 1. The van der Waals surface area contributed by atoms with Crippen LogP contribution in [0.15, 0.2) is 53.9 Å². The summed E-state index contributed by atoms with van der Waals surface area (Å²) < 4.78 is 0. The highest BCUT2D eigenvalue weighted by atomic mass is 32.2. The van der Waals surface area contributed by atoms with Crippen molar-refractivity contribution in [1.29, 1.82) is 0 Å². The molecule has 3 rings (SSSR count). The Morgan fingerprint density at radius 3 is 2.85 bits per heavy atom. The molecule has 0 spiro atoms. The third-order valence-corrected chi connectivity index (χ3v) is 4.05. The van der Waals surface area contributed by atoms with Gasteiger partial charge < -0.3 is 5.73 Å². The molecule has 20 heavy (non-hydrogen) atoms. The van der Waals surface area contributed by atoms with E-state index >= 15 is 0 Å². The van der Waals surface area contributed by atoms with Gasteiger partial charge in [0.25, 0.3) is 0 Å². The molecule has 2 heterocycles. The van der Waals surface area contributed by atoms with Gasteiger partial charge in [-0.1, -0.05) is 18.2 Å². The molecule has 0 amide bonds. The minimum absolute atomic E-state index is 0.467. The van der Waals surface area contributed by atoms with Crippen molar-refractivity contribution < 1.29 is 0 Å². The molecule has 2 aromatic heterocycles. The number of para-hydroxylation sites is 1. The van der Waals surface area contributed by atoms with E-state index in [1.54, 1.807) is 24.3 Å². The molecule has 1 aromatic carbocycles. The van der Waals surface area contributed by atoms with E-state index in [4.69, 9.17) is 5.73 Å². The summed E-state index contributed by atoms with van der Waals surface area (Å²) in [5.41, 5.74) is 8.70. The molecule has 0 aliphatic carbocycles. The second-order valence-electron chi connectivity index (χ2n) is 4.34. The van der Waals surface area contributed by atoms with Crippen LogP contribution in [0.5, 0.6) is 0 Å². The van der Waals surface area contributed by atoms with Gasteiger partial charge in [-0.2, -0.15) is 0 Å². The number of aromatic nitrogens is 3. The lowest BCUT2D eigenvalue weighted by Gasteiger charge is -2.05. The van der Waals surface area contributed by atoms with Crippen molar-refractivity contribution in [3.63, 3.8) is 0 Å². The van der Waals surface area contributed by atoms with Crippen LogP contribution in [0.4, 0.5) is 0 Å². The Bertz CT molecular complexity index is 724. The number of hydrogen-bond donors (Lipinski definition) is 1. The second-order valence-corrected chi connectivity index (χ2v) is 5.31. The van der Waals surface area contributed by atoms with Gasteiger partial charge in [0.2, 0.25) is 0 Å². The van der Waals surface area contributed by atoms with E-state index in [9.17, 15) is 0 Å². The largest absolute Gasteiger partial charge is 0.325 e. The molecule has 0 saturated carbocycles. The molecule has 5 heteroatoms. The summed E-state index contributed by atoms with van der Waals surface area (Å²) in [7, 11) is 0. The zero-order chi connectivity index (χ0) is 13.8. The molecular formula is C15H14N4S. The van der Waals surface area contributed by atoms with E-state index in [1.807, 2.05) is 30.3 Å². The summed E-state index contributed by atoms with van der Waals surface area (Å²) in [4.78, 5) is 12.9. The highest BCUT2D eigenvalue weighted by Gasteiger charge is 2.04. The molecule has 0 bridgehead atoms. The van der Waals surface area contributed by atoms with Crippen molar-refractivity contribution >= 4 is 22.7 Å². The Hall–Kier alpha value is -1.98. The van der Waals surface area contributed by atoms with Crippen molar-refractivity contribution in [2.75, 3.05) is 0 Å². The predicted octanol–water partition coefficient (Wildman–Crippen LogP) is 2.78. The molecule has 100 valence electrons. The number of thioether (sulfide) groups is 1. The van der Waals surface area contributed by atoms with Gasteiger partial charge in [-0.25, -0.2) is 9.97 Å². The monoisotopic (exact) mass is 282 g/mol. The average molecular weight is 282 g/mol. The van der Waals surface area contributed by atoms with Gasteiger partial charge in [0.15, 0.2) is 0 Å². The van der Waals surface area contributed by atoms with Crippen molar-refractivity contribution in [3.05, 3.63) is 60.2 Å². The first-order valence-electron chi connectivity index (χ1n) is 6.33. The van der Waals surface area contributed by atoms with Gasteiger partial charge in [-0.3, -0.25) is 4.98 Å². The van der Waals surface area contributed by atoms with Crippen molar-refractivity contribution in [2.24, 2.45) is 5.73 Å². The van der Waals surface area contributed by atoms with Crippen LogP contribution in [0.3, 0.4) is 0 Å². The highest BCUT2D eigenvalue weighted by Crippen LogP contribution is 2.27. The Labute approximate surface area is 121 Å². The minimum Gasteiger partial charge on any atom is -0.325 e. The fourth-order valence-corrected chi connectivity index (χ4v) is 2.91. The van der Waals surface area contributed by atoms with E-state index in [1.165, 1.54) is 5.56 Å². The standard InChI is InChI=1S/C15H14N4S/c16-8-12-7-11(5-6-17-12)9-20-15-13-3-1-2-4-14(13)18-10-19-15/h1-7,10H,8-9,16H2. The summed E-state index contributed by atoms with van der Waals surface area (Å²) in [6.45, 7) is 0.467. The molecule has 3 aromatic rings. The maximum absolute atomic E-state index is 5.61. The van der Waals surface area contributed by atoms with Crippen LogP contribution >= 0.6 is 11.8 Å². The molecule has 0 aliphatic heterocycles. The second kappa shape index (κ2) is 5.98. The van der Waals surface area contributed by atoms with Gasteiger partial charge in [-0.05, 0) is 23.8 Å². The van der Waals surface area contributed by atoms with Crippen LogP contribution in [0, 0.1) is 0 Å². The van der Waals surface area contributed by atoms with Crippen LogP contribution in [0.25, 0.3) is 10.9 Å². The molecule has 4 nitrogen and oxygen atoms in total. The number of benzene rings is 1. The first-order chi connectivity index (χ1) is 9.86. The van der Waals surface area contributed by atoms with E-state index in [0.29, 0.717) is 6.54 Å². The quantitative estimate of drug-likeness (QED) is 0.589. The third kappa shape index (κ3) is 2.79. The summed E-state index contributed by atoms with van der Waals surface area (Å²) in [6, 6.07) is 12.1. The van der Waals surface area contributed by atoms with E-state index < -0.39 is 0 Å². The zero-order valence-electron chi connectivity index (χ0n) is 10.9. The molecule has 0 unspecified atom stereocenters. The average Bonchev–Trinajstić information content (AvgIpc) is 2.53. The summed E-state index contributed by atoms with van der Waals surface area (Å²) in [5, 5.41) is 2.09. The molecule has 0 aliphatic rings. The minimum atomic E-state index is 0.467. The first kappa shape index (κ1) is 13.0.